The molecule has 0 radical (unpaired) electrons. The van der Waals surface area contributed by atoms with Gasteiger partial charge in [0.15, 0.2) is 5.13 Å². The number of aryl methyl sites for hydroxylation is 2. The Hall–Kier alpha value is -2.00. The number of carbonyl (C=O) groups excluding carboxylic acids is 1. The molecule has 0 aliphatic rings. The van der Waals surface area contributed by atoms with Crippen molar-refractivity contribution in [2.45, 2.75) is 25.4 Å². The minimum Gasteiger partial charge on any atom is -0.302 e. The Kier molecular flexibility index (Phi) is 4.08. The Bertz CT molecular complexity index is 827. The van der Waals surface area contributed by atoms with Gasteiger partial charge in [-0.2, -0.15) is 4.98 Å². The van der Waals surface area contributed by atoms with E-state index in [1.807, 2.05) is 25.5 Å². The van der Waals surface area contributed by atoms with Gasteiger partial charge in [0, 0.05) is 28.5 Å². The summed E-state index contributed by atoms with van der Waals surface area (Å²) in [4.78, 5) is 25.0. The number of carbonyl (C=O) groups is 1. The van der Waals surface area contributed by atoms with Crippen LogP contribution in [0.5, 0.6) is 0 Å². The molecule has 1 N–H and O–H groups in total. The van der Waals surface area contributed by atoms with Crippen LogP contribution in [0.4, 0.5) is 5.13 Å². The van der Waals surface area contributed by atoms with Gasteiger partial charge < -0.3 is 5.32 Å². The molecule has 0 aliphatic carbocycles. The molecule has 0 fully saturated rings. The van der Waals surface area contributed by atoms with Crippen molar-refractivity contribution in [3.8, 4) is 0 Å². The summed E-state index contributed by atoms with van der Waals surface area (Å²) in [6.07, 6.45) is 3.80. The van der Waals surface area contributed by atoms with Crippen LogP contribution in [0, 0.1) is 13.8 Å². The van der Waals surface area contributed by atoms with Gasteiger partial charge in [-0.25, -0.2) is 14.5 Å². The largest absolute Gasteiger partial charge is 0.302 e. The van der Waals surface area contributed by atoms with Crippen LogP contribution < -0.4 is 5.32 Å². The molecule has 114 valence electrons. The number of amides is 1. The molecule has 3 aromatic rings. The van der Waals surface area contributed by atoms with Gasteiger partial charge in [0.2, 0.25) is 11.1 Å². The molecule has 0 unspecified atom stereocenters. The second-order valence-corrected chi connectivity index (χ2v) is 6.30. The Morgan fingerprint density at radius 2 is 2.23 bits per heavy atom. The highest BCUT2D eigenvalue weighted by Gasteiger charge is 2.16. The van der Waals surface area contributed by atoms with E-state index in [1.165, 1.54) is 23.1 Å². The number of nitrogens with zero attached hydrogens (tertiary/aromatic N) is 5. The number of aromatic nitrogens is 5. The molecular weight excluding hydrogens is 320 g/mol. The maximum absolute atomic E-state index is 12.2. The van der Waals surface area contributed by atoms with Crippen molar-refractivity contribution in [3.05, 3.63) is 28.5 Å². The Morgan fingerprint density at radius 1 is 1.41 bits per heavy atom. The van der Waals surface area contributed by atoms with E-state index in [4.69, 9.17) is 0 Å². The third-order valence-electron chi connectivity index (χ3n) is 3.23. The van der Waals surface area contributed by atoms with Crippen LogP contribution in [0.3, 0.4) is 0 Å². The predicted octanol–water partition coefficient (Wildman–Crippen LogP) is 2.10. The van der Waals surface area contributed by atoms with Crippen molar-refractivity contribution in [1.82, 2.24) is 24.6 Å². The smallest absolute Gasteiger partial charge is 0.253 e. The van der Waals surface area contributed by atoms with Crippen LogP contribution in [0.15, 0.2) is 16.7 Å². The number of thiazole rings is 1. The van der Waals surface area contributed by atoms with E-state index < -0.39 is 0 Å². The van der Waals surface area contributed by atoms with Crippen molar-refractivity contribution in [1.29, 1.82) is 0 Å². The first-order chi connectivity index (χ1) is 10.6. The summed E-state index contributed by atoms with van der Waals surface area (Å²) >= 11 is 2.85. The van der Waals surface area contributed by atoms with E-state index in [2.05, 4.69) is 25.4 Å². The molecule has 22 heavy (non-hydrogen) atoms. The number of fused-ring (bicyclic) bond motifs is 1. The van der Waals surface area contributed by atoms with E-state index >= 15 is 0 Å². The second kappa shape index (κ2) is 6.01. The minimum atomic E-state index is -0.118. The summed E-state index contributed by atoms with van der Waals surface area (Å²) < 4.78 is 1.69. The quantitative estimate of drug-likeness (QED) is 0.736. The number of hydrogen-bond donors (Lipinski definition) is 1. The summed E-state index contributed by atoms with van der Waals surface area (Å²) in [5.41, 5.74) is 2.53. The monoisotopic (exact) mass is 334 g/mol. The first-order valence-corrected chi connectivity index (χ1v) is 8.65. The van der Waals surface area contributed by atoms with E-state index in [9.17, 15) is 4.79 Å². The summed E-state index contributed by atoms with van der Waals surface area (Å²) in [7, 11) is 0. The molecule has 0 spiro atoms. The van der Waals surface area contributed by atoms with Gasteiger partial charge >= 0.3 is 0 Å². The Balaban J connectivity index is 1.91. The fraction of sp³-hybridized carbons (Fsp3) is 0.308. The van der Waals surface area contributed by atoms with Crippen molar-refractivity contribution in [2.75, 3.05) is 11.6 Å². The van der Waals surface area contributed by atoms with Crippen molar-refractivity contribution >= 4 is 39.9 Å². The molecule has 3 aromatic heterocycles. The SMILES string of the molecule is CSc1nc2nc(C)c(CC(=O)Nc3nccs3)c(C)n2n1. The van der Waals surface area contributed by atoms with Gasteiger partial charge in [-0.1, -0.05) is 11.8 Å². The molecule has 0 aliphatic heterocycles. The van der Waals surface area contributed by atoms with Crippen molar-refractivity contribution < 1.29 is 4.79 Å². The molecule has 7 nitrogen and oxygen atoms in total. The zero-order chi connectivity index (χ0) is 15.7. The van der Waals surface area contributed by atoms with E-state index in [0.717, 1.165) is 17.0 Å². The predicted molar refractivity (Wildman–Crippen MR) is 86.5 cm³/mol. The van der Waals surface area contributed by atoms with Gasteiger partial charge in [0.05, 0.1) is 6.42 Å². The second-order valence-electron chi connectivity index (χ2n) is 4.63. The summed E-state index contributed by atoms with van der Waals surface area (Å²) in [5.74, 6) is 0.441. The van der Waals surface area contributed by atoms with Crippen LogP contribution in [0.1, 0.15) is 17.0 Å². The number of hydrogen-bond acceptors (Lipinski definition) is 7. The minimum absolute atomic E-state index is 0.118. The zero-order valence-electron chi connectivity index (χ0n) is 12.3. The van der Waals surface area contributed by atoms with Crippen LogP contribution in [0.2, 0.25) is 0 Å². The number of thioether (sulfide) groups is 1. The third kappa shape index (κ3) is 2.81. The standard InChI is InChI=1S/C13H14N6OS2/c1-7-9(6-10(20)16-12-14-4-5-22-12)8(2)19-11(15-7)17-13(18-19)21-3/h4-5H,6H2,1-3H3,(H,14,16,20). The zero-order valence-corrected chi connectivity index (χ0v) is 14.0. The topological polar surface area (TPSA) is 85.1 Å². The lowest BCUT2D eigenvalue weighted by Gasteiger charge is -2.09. The fourth-order valence-electron chi connectivity index (χ4n) is 2.14. The van der Waals surface area contributed by atoms with Gasteiger partial charge in [-0.15, -0.1) is 16.4 Å². The van der Waals surface area contributed by atoms with Gasteiger partial charge in [0.25, 0.3) is 5.78 Å². The molecule has 0 aromatic carbocycles. The number of anilines is 1. The summed E-state index contributed by atoms with van der Waals surface area (Å²) in [5, 5.41) is 10.2. The van der Waals surface area contributed by atoms with Crippen LogP contribution >= 0.6 is 23.1 Å². The van der Waals surface area contributed by atoms with Gasteiger partial charge in [0.1, 0.15) is 0 Å². The van der Waals surface area contributed by atoms with E-state index in [0.29, 0.717) is 16.1 Å². The van der Waals surface area contributed by atoms with Crippen molar-refractivity contribution in [2.24, 2.45) is 0 Å². The lowest BCUT2D eigenvalue weighted by atomic mass is 10.1. The Labute approximate surface area is 135 Å². The van der Waals surface area contributed by atoms with Crippen molar-refractivity contribution in [3.63, 3.8) is 0 Å². The molecule has 0 atom stereocenters. The molecular formula is C13H14N6OS2. The van der Waals surface area contributed by atoms with Gasteiger partial charge in [-0.3, -0.25) is 4.79 Å². The first kappa shape index (κ1) is 14.9. The first-order valence-electron chi connectivity index (χ1n) is 6.54. The normalized spacial score (nSPS) is 11.0. The molecule has 0 bridgehead atoms. The molecule has 3 heterocycles. The lowest BCUT2D eigenvalue weighted by molar-refractivity contribution is -0.115. The van der Waals surface area contributed by atoms with Crippen LogP contribution in [-0.4, -0.2) is 36.7 Å². The average molecular weight is 334 g/mol. The highest BCUT2D eigenvalue weighted by Crippen LogP contribution is 2.18. The average Bonchev–Trinajstić information content (AvgIpc) is 3.12. The number of nitrogens with one attached hydrogen (secondary N) is 1. The summed E-state index contributed by atoms with van der Waals surface area (Å²) in [6.45, 7) is 3.80. The fourth-order valence-corrected chi connectivity index (χ4v) is 3.02. The maximum atomic E-state index is 12.2. The lowest BCUT2D eigenvalue weighted by Crippen LogP contribution is -2.17. The Morgan fingerprint density at radius 3 is 2.91 bits per heavy atom. The molecule has 0 saturated carbocycles. The molecule has 3 rings (SSSR count). The van der Waals surface area contributed by atoms with Gasteiger partial charge in [-0.05, 0) is 20.1 Å². The van der Waals surface area contributed by atoms with Crippen LogP contribution in [0.25, 0.3) is 5.78 Å². The number of rotatable bonds is 4. The highest BCUT2D eigenvalue weighted by molar-refractivity contribution is 7.98. The highest BCUT2D eigenvalue weighted by atomic mass is 32.2. The maximum Gasteiger partial charge on any atom is 0.253 e. The molecule has 1 amide bonds. The third-order valence-corrected chi connectivity index (χ3v) is 4.45. The van der Waals surface area contributed by atoms with Crippen LogP contribution in [-0.2, 0) is 11.2 Å². The summed E-state index contributed by atoms with van der Waals surface area (Å²) in [6, 6.07) is 0. The van der Waals surface area contributed by atoms with E-state index in [-0.39, 0.29) is 12.3 Å². The molecule has 9 heteroatoms. The van der Waals surface area contributed by atoms with E-state index in [1.54, 1.807) is 10.7 Å². The molecule has 0 saturated heterocycles.